The lowest BCUT2D eigenvalue weighted by molar-refractivity contribution is -0.136. The number of amides is 2. The fourth-order valence-electron chi connectivity index (χ4n) is 5.91. The Morgan fingerprint density at radius 1 is 1.29 bits per heavy atom. The van der Waals surface area contributed by atoms with E-state index in [9.17, 15) is 31.2 Å². The molecule has 1 atom stereocenters. The third kappa shape index (κ3) is 6.85. The van der Waals surface area contributed by atoms with Crippen molar-refractivity contribution in [1.82, 2.24) is 15.1 Å². The molecule has 0 saturated carbocycles. The van der Waals surface area contributed by atoms with E-state index in [1.807, 2.05) is 6.07 Å². The van der Waals surface area contributed by atoms with Crippen LogP contribution in [0.25, 0.3) is 0 Å². The summed E-state index contributed by atoms with van der Waals surface area (Å²) < 4.78 is 73.3. The van der Waals surface area contributed by atoms with E-state index < -0.39 is 45.5 Å². The van der Waals surface area contributed by atoms with Crippen LogP contribution in [0.3, 0.4) is 0 Å². The van der Waals surface area contributed by atoms with Crippen LogP contribution in [0.15, 0.2) is 18.2 Å². The number of aryl methyl sites for hydroxylation is 1. The number of anilines is 1. The Hall–Kier alpha value is -3.13. The minimum Gasteiger partial charge on any atom is -0.494 e. The van der Waals surface area contributed by atoms with E-state index in [0.717, 1.165) is 30.2 Å². The first-order valence-corrected chi connectivity index (χ1v) is 15.7. The summed E-state index contributed by atoms with van der Waals surface area (Å²) in [6, 6.07) is 5.34. The number of carbonyl (C=O) groups is 2. The van der Waals surface area contributed by atoms with Gasteiger partial charge in [0, 0.05) is 38.9 Å². The zero-order valence-electron chi connectivity index (χ0n) is 22.7. The van der Waals surface area contributed by atoms with Crippen molar-refractivity contribution in [2.75, 3.05) is 37.1 Å². The van der Waals surface area contributed by atoms with Crippen LogP contribution in [0.4, 0.5) is 19.0 Å². The lowest BCUT2D eigenvalue weighted by atomic mass is 9.82. The van der Waals surface area contributed by atoms with Crippen molar-refractivity contribution in [3.63, 3.8) is 0 Å². The molecule has 1 fully saturated rings. The second-order valence-electron chi connectivity index (χ2n) is 11.1. The van der Waals surface area contributed by atoms with Crippen molar-refractivity contribution >= 4 is 27.5 Å². The molecule has 1 aliphatic carbocycles. The molecule has 1 spiro atoms. The average molecular weight is 599 g/mol. The normalized spacial score (nSPS) is 20.9. The fraction of sp³-hybridized carbons (Fsp3) is 0.593. The van der Waals surface area contributed by atoms with Crippen LogP contribution < -0.4 is 15.4 Å². The SMILES string of the molecule is CS(=O)(=O)CC(=O)Nc1c2c(nn1CC1CCOCC1)C[C@]1(CCc3cc(OCCCC(F)(F)F)ccc31)NC2=O. The minimum atomic E-state index is -4.22. The van der Waals surface area contributed by atoms with E-state index in [4.69, 9.17) is 14.6 Å². The third-order valence-electron chi connectivity index (χ3n) is 7.78. The van der Waals surface area contributed by atoms with Crippen LogP contribution in [0.5, 0.6) is 5.75 Å². The van der Waals surface area contributed by atoms with Gasteiger partial charge in [0.05, 0.1) is 17.8 Å². The Labute approximate surface area is 235 Å². The number of ether oxygens (including phenoxy) is 2. The molecule has 3 heterocycles. The molecule has 3 aliphatic rings. The highest BCUT2D eigenvalue weighted by atomic mass is 32.2. The second-order valence-corrected chi connectivity index (χ2v) is 13.3. The lowest BCUT2D eigenvalue weighted by Gasteiger charge is -2.35. The number of alkyl halides is 3. The van der Waals surface area contributed by atoms with Crippen LogP contribution in [0, 0.1) is 5.92 Å². The fourth-order valence-corrected chi connectivity index (χ4v) is 6.46. The van der Waals surface area contributed by atoms with E-state index in [1.165, 1.54) is 0 Å². The maximum Gasteiger partial charge on any atom is 0.389 e. The van der Waals surface area contributed by atoms with Gasteiger partial charge in [-0.2, -0.15) is 18.3 Å². The van der Waals surface area contributed by atoms with Crippen molar-refractivity contribution in [2.24, 2.45) is 5.92 Å². The second kappa shape index (κ2) is 11.3. The van der Waals surface area contributed by atoms with Gasteiger partial charge in [0.1, 0.15) is 22.9 Å². The molecule has 14 heteroatoms. The molecule has 1 saturated heterocycles. The smallest absolute Gasteiger partial charge is 0.389 e. The molecule has 0 unspecified atom stereocenters. The third-order valence-corrected chi connectivity index (χ3v) is 8.57. The first kappa shape index (κ1) is 29.4. The molecule has 0 bridgehead atoms. The number of hydrogen-bond acceptors (Lipinski definition) is 7. The topological polar surface area (TPSA) is 129 Å². The monoisotopic (exact) mass is 598 g/mol. The molecule has 2 N–H and O–H groups in total. The van der Waals surface area contributed by atoms with Crippen molar-refractivity contribution < 1.29 is 40.7 Å². The first-order valence-electron chi connectivity index (χ1n) is 13.6. The molecule has 10 nitrogen and oxygen atoms in total. The standard InChI is InChI=1S/C27H33F3N4O6S/c1-41(37,38)16-22(35)31-24-23-21(33-34(24)15-17-6-11-39-12-7-17)14-26(32-25(23)36)9-5-18-13-19(3-4-20(18)26)40-10-2-8-27(28,29)30/h3-4,13,17H,2,5-12,14-16H2,1H3,(H,31,35)(H,32,36)/t26-/m0/s1. The molecule has 41 heavy (non-hydrogen) atoms. The van der Waals surface area contributed by atoms with Crippen LogP contribution >= 0.6 is 0 Å². The number of nitrogens with one attached hydrogen (secondary N) is 2. The number of benzene rings is 1. The van der Waals surface area contributed by atoms with Crippen LogP contribution in [0.2, 0.25) is 0 Å². The zero-order valence-corrected chi connectivity index (χ0v) is 23.5. The summed E-state index contributed by atoms with van der Waals surface area (Å²) in [7, 11) is -3.59. The van der Waals surface area contributed by atoms with Gasteiger partial charge >= 0.3 is 6.18 Å². The molecular weight excluding hydrogens is 565 g/mol. The average Bonchev–Trinajstić information content (AvgIpc) is 3.38. The van der Waals surface area contributed by atoms with Crippen LogP contribution in [-0.2, 0) is 44.3 Å². The number of sulfone groups is 1. The summed E-state index contributed by atoms with van der Waals surface area (Å²) in [6.45, 7) is 1.60. The Balaban J connectivity index is 1.39. The number of carbonyl (C=O) groups excluding carboxylic acids is 2. The molecule has 2 aromatic rings. The Bertz CT molecular complexity index is 1440. The summed E-state index contributed by atoms with van der Waals surface area (Å²) >= 11 is 0. The highest BCUT2D eigenvalue weighted by Crippen LogP contribution is 2.44. The lowest BCUT2D eigenvalue weighted by Crippen LogP contribution is -2.49. The van der Waals surface area contributed by atoms with Gasteiger partial charge in [0.15, 0.2) is 9.84 Å². The molecule has 224 valence electrons. The first-order chi connectivity index (χ1) is 19.3. The van der Waals surface area contributed by atoms with Gasteiger partial charge in [0.25, 0.3) is 5.91 Å². The van der Waals surface area contributed by atoms with Gasteiger partial charge in [-0.15, -0.1) is 0 Å². The molecule has 2 amide bonds. The number of rotatable bonds is 9. The van der Waals surface area contributed by atoms with E-state index >= 15 is 0 Å². The summed E-state index contributed by atoms with van der Waals surface area (Å²) in [5.41, 5.74) is 1.82. The van der Waals surface area contributed by atoms with Crippen LogP contribution in [-0.4, -0.2) is 68.0 Å². The molecule has 0 radical (unpaired) electrons. The summed E-state index contributed by atoms with van der Waals surface area (Å²) in [4.78, 5) is 26.2. The van der Waals surface area contributed by atoms with Crippen molar-refractivity contribution in [2.45, 2.75) is 63.2 Å². The van der Waals surface area contributed by atoms with Crippen LogP contribution in [0.1, 0.15) is 59.3 Å². The van der Waals surface area contributed by atoms with Crippen molar-refractivity contribution in [3.05, 3.63) is 40.6 Å². The van der Waals surface area contributed by atoms with E-state index in [-0.39, 0.29) is 30.3 Å². The van der Waals surface area contributed by atoms with Gasteiger partial charge in [0.2, 0.25) is 5.91 Å². The zero-order chi connectivity index (χ0) is 29.4. The van der Waals surface area contributed by atoms with Gasteiger partial charge < -0.3 is 20.1 Å². The van der Waals surface area contributed by atoms with Gasteiger partial charge in [-0.1, -0.05) is 6.07 Å². The van der Waals surface area contributed by atoms with E-state index in [2.05, 4.69) is 10.6 Å². The largest absolute Gasteiger partial charge is 0.494 e. The molecule has 2 aliphatic heterocycles. The maximum atomic E-state index is 13.6. The Morgan fingerprint density at radius 2 is 2.05 bits per heavy atom. The molecule has 1 aromatic carbocycles. The van der Waals surface area contributed by atoms with Crippen molar-refractivity contribution in [1.29, 1.82) is 0 Å². The quantitative estimate of drug-likeness (QED) is 0.425. The van der Waals surface area contributed by atoms with E-state index in [1.54, 1.807) is 16.8 Å². The number of nitrogens with zero attached hydrogens (tertiary/aromatic N) is 2. The molecule has 1 aromatic heterocycles. The Kier molecular flexibility index (Phi) is 8.07. The van der Waals surface area contributed by atoms with Gasteiger partial charge in [-0.05, 0) is 61.3 Å². The highest BCUT2D eigenvalue weighted by Gasteiger charge is 2.46. The Morgan fingerprint density at radius 3 is 2.76 bits per heavy atom. The summed E-state index contributed by atoms with van der Waals surface area (Å²) in [5, 5.41) is 10.5. The van der Waals surface area contributed by atoms with E-state index in [0.29, 0.717) is 50.5 Å². The summed E-state index contributed by atoms with van der Waals surface area (Å²) in [5.74, 6) is -1.00. The summed E-state index contributed by atoms with van der Waals surface area (Å²) in [6.07, 6.45) is -1.12. The van der Waals surface area contributed by atoms with Crippen molar-refractivity contribution in [3.8, 4) is 5.75 Å². The minimum absolute atomic E-state index is 0.0537. The predicted molar refractivity (Wildman–Crippen MR) is 143 cm³/mol. The number of aromatic nitrogens is 2. The number of hydrogen-bond donors (Lipinski definition) is 2. The number of halogens is 3. The molecule has 5 rings (SSSR count). The molecular formula is C27H33F3N4O6S. The van der Waals surface area contributed by atoms with Gasteiger partial charge in [-0.3, -0.25) is 9.59 Å². The van der Waals surface area contributed by atoms with Gasteiger partial charge in [-0.25, -0.2) is 13.1 Å². The maximum absolute atomic E-state index is 13.6. The predicted octanol–water partition coefficient (Wildman–Crippen LogP) is 3.14. The number of fused-ring (bicyclic) bond motifs is 3. The highest BCUT2D eigenvalue weighted by molar-refractivity contribution is 7.91.